The summed E-state index contributed by atoms with van der Waals surface area (Å²) in [7, 11) is 0. The Balaban J connectivity index is 1.23. The first-order valence-corrected chi connectivity index (χ1v) is 18.1. The minimum Gasteiger partial charge on any atom is -0.458 e. The van der Waals surface area contributed by atoms with Gasteiger partial charge in [-0.2, -0.15) is 0 Å². The van der Waals surface area contributed by atoms with Gasteiger partial charge >= 0.3 is 5.97 Å². The molecule has 5 aliphatic carbocycles. The summed E-state index contributed by atoms with van der Waals surface area (Å²) in [5.41, 5.74) is 4.89. The molecule has 0 saturated heterocycles. The molecule has 1 heterocycles. The van der Waals surface area contributed by atoms with Gasteiger partial charge in [0.2, 0.25) is 0 Å². The average molecular weight is 601 g/mol. The van der Waals surface area contributed by atoms with E-state index in [4.69, 9.17) is 4.74 Å². The zero-order valence-electron chi connectivity index (χ0n) is 29.6. The summed E-state index contributed by atoms with van der Waals surface area (Å²) in [5, 5.41) is 0. The molecule has 0 amide bonds. The first-order chi connectivity index (χ1) is 20.6. The highest BCUT2D eigenvalue weighted by Crippen LogP contribution is 2.77. The standard InChI is InChI=1S/C41H62NO2/c1-27(2)18-25-42-24-11-12-29(26-42)36(43)44-34-17-20-39(8)32(37(34,5)6)16-21-41(10)33(39)14-13-31-35-30(28(3)4)15-19-38(35,7)22-23-40(31,41)9/h11-12,18,24,26,30-35H,3,13-17,19-23,25H2,1-2,4-10H3/q+1/t30-,31+,32-,33+,34-,35+,38+,39-,40+,41+/m0/s1. The van der Waals surface area contributed by atoms with E-state index in [0.29, 0.717) is 33.6 Å². The normalized spacial score (nSPS) is 43.9. The molecule has 5 aliphatic rings. The predicted octanol–water partition coefficient (Wildman–Crippen LogP) is 10.1. The molecule has 10 atom stereocenters. The Morgan fingerprint density at radius 3 is 2.36 bits per heavy atom. The second kappa shape index (κ2) is 10.8. The van der Waals surface area contributed by atoms with E-state index in [1.54, 1.807) is 0 Å². The van der Waals surface area contributed by atoms with Crippen LogP contribution in [0.5, 0.6) is 0 Å². The van der Waals surface area contributed by atoms with Crippen LogP contribution < -0.4 is 4.57 Å². The van der Waals surface area contributed by atoms with Crippen molar-refractivity contribution in [2.75, 3.05) is 0 Å². The number of aromatic nitrogens is 1. The molecule has 0 aliphatic heterocycles. The SMILES string of the molecule is C=C(C)[C@@H]1CC[C@]2(C)CC[C@]3(C)[C@H](CC[C@@H]4[C@@]5(C)CC[C@H](OC(=O)c6ccc[n+](CC=C(C)C)c6)C(C)(C)[C@@H]5CC[C@]43C)[C@@H]12. The summed E-state index contributed by atoms with van der Waals surface area (Å²) < 4.78 is 8.52. The number of hydrogen-bond acceptors (Lipinski definition) is 2. The lowest BCUT2D eigenvalue weighted by Gasteiger charge is -2.73. The van der Waals surface area contributed by atoms with Crippen molar-refractivity contribution in [1.29, 1.82) is 0 Å². The molecule has 1 aromatic heterocycles. The van der Waals surface area contributed by atoms with Crippen LogP contribution in [-0.4, -0.2) is 12.1 Å². The number of hydrogen-bond donors (Lipinski definition) is 0. The largest absolute Gasteiger partial charge is 0.458 e. The summed E-state index contributed by atoms with van der Waals surface area (Å²) in [6.45, 7) is 27.4. The number of nitrogens with zero attached hydrogens (tertiary/aromatic N) is 1. The Labute approximate surface area is 269 Å². The van der Waals surface area contributed by atoms with Crippen molar-refractivity contribution in [3.63, 3.8) is 0 Å². The molecule has 0 radical (unpaired) electrons. The molecular formula is C41H62NO2+. The Bertz CT molecular complexity index is 1340. The van der Waals surface area contributed by atoms with E-state index in [0.717, 1.165) is 30.7 Å². The number of rotatable bonds is 5. The maximum Gasteiger partial charge on any atom is 0.344 e. The first-order valence-electron chi connectivity index (χ1n) is 18.1. The molecule has 0 aromatic carbocycles. The van der Waals surface area contributed by atoms with Crippen LogP contribution in [0.1, 0.15) is 137 Å². The maximum atomic E-state index is 13.5. The summed E-state index contributed by atoms with van der Waals surface area (Å²) in [5.74, 6) is 3.49. The molecule has 0 N–H and O–H groups in total. The molecule has 6 rings (SSSR count). The van der Waals surface area contributed by atoms with Crippen molar-refractivity contribution >= 4 is 5.97 Å². The van der Waals surface area contributed by atoms with Gasteiger partial charge in [0.25, 0.3) is 0 Å². The fraction of sp³-hybridized carbons (Fsp3) is 0.756. The number of fused-ring (bicyclic) bond motifs is 7. The molecule has 3 nitrogen and oxygen atoms in total. The smallest absolute Gasteiger partial charge is 0.344 e. The Morgan fingerprint density at radius 2 is 1.66 bits per heavy atom. The lowest BCUT2D eigenvalue weighted by Crippen LogP contribution is -2.66. The van der Waals surface area contributed by atoms with Crippen molar-refractivity contribution in [2.45, 2.75) is 139 Å². The van der Waals surface area contributed by atoms with Crippen LogP contribution in [0.3, 0.4) is 0 Å². The number of ether oxygens (including phenoxy) is 1. The second-order valence-electron chi connectivity index (χ2n) is 18.2. The number of pyridine rings is 1. The number of esters is 1. The molecule has 44 heavy (non-hydrogen) atoms. The van der Waals surface area contributed by atoms with E-state index < -0.39 is 0 Å². The molecule has 242 valence electrons. The van der Waals surface area contributed by atoms with E-state index in [-0.39, 0.29) is 22.9 Å². The average Bonchev–Trinajstić information content (AvgIpc) is 3.32. The molecule has 3 heteroatoms. The fourth-order valence-corrected chi connectivity index (χ4v) is 12.9. The van der Waals surface area contributed by atoms with E-state index in [1.807, 2.05) is 24.5 Å². The molecule has 1 aromatic rings. The van der Waals surface area contributed by atoms with Crippen molar-refractivity contribution in [2.24, 2.45) is 56.7 Å². The molecule has 5 fully saturated rings. The van der Waals surface area contributed by atoms with Gasteiger partial charge in [-0.1, -0.05) is 59.3 Å². The molecule has 5 saturated carbocycles. The third-order valence-corrected chi connectivity index (χ3v) is 15.5. The fourth-order valence-electron chi connectivity index (χ4n) is 12.9. The van der Waals surface area contributed by atoms with E-state index in [1.165, 1.54) is 68.9 Å². The summed E-state index contributed by atoms with van der Waals surface area (Å²) >= 11 is 0. The zero-order chi connectivity index (χ0) is 31.9. The van der Waals surface area contributed by atoms with Crippen molar-refractivity contribution < 1.29 is 14.1 Å². The van der Waals surface area contributed by atoms with Crippen LogP contribution >= 0.6 is 0 Å². The summed E-state index contributed by atoms with van der Waals surface area (Å²) in [4.78, 5) is 13.5. The maximum absolute atomic E-state index is 13.5. The third kappa shape index (κ3) is 4.71. The Morgan fingerprint density at radius 1 is 0.909 bits per heavy atom. The third-order valence-electron chi connectivity index (χ3n) is 15.5. The highest BCUT2D eigenvalue weighted by Gasteiger charge is 2.70. The summed E-state index contributed by atoms with van der Waals surface area (Å²) in [6, 6.07) is 3.87. The summed E-state index contributed by atoms with van der Waals surface area (Å²) in [6.07, 6.45) is 19.2. The van der Waals surface area contributed by atoms with Gasteiger partial charge in [-0.15, -0.1) is 0 Å². The lowest BCUT2D eigenvalue weighted by atomic mass is 9.32. The minimum atomic E-state index is -0.166. The van der Waals surface area contributed by atoms with Gasteiger partial charge in [-0.3, -0.25) is 0 Å². The number of carbonyl (C=O) groups is 1. The van der Waals surface area contributed by atoms with Crippen LogP contribution in [0.25, 0.3) is 0 Å². The predicted molar refractivity (Wildman–Crippen MR) is 180 cm³/mol. The number of allylic oxidation sites excluding steroid dienone is 3. The minimum absolute atomic E-state index is 0.0407. The molecule has 0 bridgehead atoms. The van der Waals surface area contributed by atoms with Crippen LogP contribution in [0, 0.1) is 56.7 Å². The van der Waals surface area contributed by atoms with Crippen molar-refractivity contribution in [3.8, 4) is 0 Å². The van der Waals surface area contributed by atoms with E-state index >= 15 is 0 Å². The number of carbonyl (C=O) groups excluding carboxylic acids is 1. The quantitative estimate of drug-likeness (QED) is 0.191. The van der Waals surface area contributed by atoms with Gasteiger partial charge in [0, 0.05) is 11.5 Å². The van der Waals surface area contributed by atoms with Crippen LogP contribution in [0.4, 0.5) is 0 Å². The van der Waals surface area contributed by atoms with Gasteiger partial charge < -0.3 is 4.74 Å². The van der Waals surface area contributed by atoms with Crippen molar-refractivity contribution in [1.82, 2.24) is 0 Å². The highest BCUT2D eigenvalue weighted by molar-refractivity contribution is 5.88. The van der Waals surface area contributed by atoms with Crippen LogP contribution in [0.2, 0.25) is 0 Å². The zero-order valence-corrected chi connectivity index (χ0v) is 29.6. The van der Waals surface area contributed by atoms with Crippen LogP contribution in [-0.2, 0) is 11.3 Å². The van der Waals surface area contributed by atoms with Gasteiger partial charge in [0.1, 0.15) is 11.7 Å². The second-order valence-corrected chi connectivity index (χ2v) is 18.2. The first kappa shape index (κ1) is 32.1. The van der Waals surface area contributed by atoms with Crippen molar-refractivity contribution in [3.05, 3.63) is 53.9 Å². The molecule has 0 unspecified atom stereocenters. The van der Waals surface area contributed by atoms with Gasteiger partial charge in [-0.05, 0) is 148 Å². The monoisotopic (exact) mass is 600 g/mol. The van der Waals surface area contributed by atoms with Crippen LogP contribution in [0.15, 0.2) is 48.3 Å². The van der Waals surface area contributed by atoms with Gasteiger partial charge in [0.05, 0.1) is 0 Å². The van der Waals surface area contributed by atoms with E-state index in [2.05, 4.69) is 79.5 Å². The lowest BCUT2D eigenvalue weighted by molar-refractivity contribution is -0.687. The molecule has 0 spiro atoms. The Hall–Kier alpha value is -1.90. The van der Waals surface area contributed by atoms with E-state index in [9.17, 15) is 4.79 Å². The van der Waals surface area contributed by atoms with Gasteiger partial charge in [-0.25, -0.2) is 9.36 Å². The highest BCUT2D eigenvalue weighted by atomic mass is 16.5. The Kier molecular flexibility index (Phi) is 7.89. The molecular weight excluding hydrogens is 538 g/mol. The topological polar surface area (TPSA) is 30.2 Å². The van der Waals surface area contributed by atoms with Gasteiger partial charge in [0.15, 0.2) is 18.9 Å².